The smallest absolute Gasteiger partial charge is 0.231 e. The van der Waals surface area contributed by atoms with Crippen LogP contribution in [0.3, 0.4) is 0 Å². The van der Waals surface area contributed by atoms with Crippen LogP contribution in [-0.2, 0) is 0 Å². The van der Waals surface area contributed by atoms with Crippen LogP contribution in [0, 0.1) is 0 Å². The standard InChI is InChI=1S/C18H14O6/c1-21-15-7-10(8-16-18(15)23-5-4-22-16)6-14-17(20)12-3-2-11(19)9-13(12)24-14/h2-3,6-9,19H,4-5H2,1H3/b14-6-. The molecular formula is C18H14O6. The lowest BCUT2D eigenvalue weighted by Crippen LogP contribution is -2.16. The van der Waals surface area contributed by atoms with Gasteiger partial charge in [0.2, 0.25) is 11.5 Å². The van der Waals surface area contributed by atoms with E-state index in [1.807, 2.05) is 0 Å². The van der Waals surface area contributed by atoms with Crippen molar-refractivity contribution in [3.05, 3.63) is 47.2 Å². The number of hydrogen-bond acceptors (Lipinski definition) is 6. The van der Waals surface area contributed by atoms with Crippen molar-refractivity contribution in [2.24, 2.45) is 0 Å². The molecule has 6 nitrogen and oxygen atoms in total. The number of phenols is 1. The second kappa shape index (κ2) is 5.49. The van der Waals surface area contributed by atoms with Gasteiger partial charge in [-0.25, -0.2) is 0 Å². The molecule has 2 aromatic rings. The number of carbonyl (C=O) groups excluding carboxylic acids is 1. The van der Waals surface area contributed by atoms with Crippen molar-refractivity contribution >= 4 is 11.9 Å². The third kappa shape index (κ3) is 2.32. The number of benzene rings is 2. The van der Waals surface area contributed by atoms with Gasteiger partial charge in [-0.15, -0.1) is 0 Å². The van der Waals surface area contributed by atoms with Crippen molar-refractivity contribution < 1.29 is 28.8 Å². The Morgan fingerprint density at radius 1 is 1.12 bits per heavy atom. The Balaban J connectivity index is 1.73. The largest absolute Gasteiger partial charge is 0.508 e. The highest BCUT2D eigenvalue weighted by atomic mass is 16.6. The van der Waals surface area contributed by atoms with Gasteiger partial charge in [-0.05, 0) is 35.9 Å². The molecule has 0 atom stereocenters. The Bertz CT molecular complexity index is 851. The lowest BCUT2D eigenvalue weighted by Gasteiger charge is -2.21. The number of ether oxygens (including phenoxy) is 4. The summed E-state index contributed by atoms with van der Waals surface area (Å²) < 4.78 is 22.0. The zero-order chi connectivity index (χ0) is 16.7. The minimum absolute atomic E-state index is 0.0452. The summed E-state index contributed by atoms with van der Waals surface area (Å²) in [4.78, 5) is 12.4. The first-order valence-corrected chi connectivity index (χ1v) is 7.40. The van der Waals surface area contributed by atoms with E-state index in [-0.39, 0.29) is 17.3 Å². The van der Waals surface area contributed by atoms with Crippen molar-refractivity contribution in [3.63, 3.8) is 0 Å². The molecule has 2 aromatic carbocycles. The molecule has 2 aliphatic heterocycles. The van der Waals surface area contributed by atoms with Gasteiger partial charge >= 0.3 is 0 Å². The van der Waals surface area contributed by atoms with Gasteiger partial charge in [0, 0.05) is 6.07 Å². The Kier molecular flexibility index (Phi) is 3.30. The van der Waals surface area contributed by atoms with Crippen LogP contribution in [0.15, 0.2) is 36.1 Å². The van der Waals surface area contributed by atoms with Crippen LogP contribution < -0.4 is 18.9 Å². The second-order valence-electron chi connectivity index (χ2n) is 5.37. The first kappa shape index (κ1) is 14.4. The summed E-state index contributed by atoms with van der Waals surface area (Å²) in [7, 11) is 1.54. The second-order valence-corrected chi connectivity index (χ2v) is 5.37. The quantitative estimate of drug-likeness (QED) is 0.856. The molecule has 4 rings (SSSR count). The lowest BCUT2D eigenvalue weighted by molar-refractivity contribution is 0.101. The van der Waals surface area contributed by atoms with Crippen molar-refractivity contribution in [3.8, 4) is 28.7 Å². The van der Waals surface area contributed by atoms with Crippen molar-refractivity contribution in [2.45, 2.75) is 0 Å². The average molecular weight is 326 g/mol. The summed E-state index contributed by atoms with van der Waals surface area (Å²) in [5, 5.41) is 9.50. The molecule has 0 saturated heterocycles. The summed E-state index contributed by atoms with van der Waals surface area (Å²) in [6, 6.07) is 7.92. The van der Waals surface area contributed by atoms with Crippen molar-refractivity contribution in [1.29, 1.82) is 0 Å². The maximum absolute atomic E-state index is 12.4. The number of methoxy groups -OCH3 is 1. The lowest BCUT2D eigenvalue weighted by atomic mass is 10.1. The Morgan fingerprint density at radius 2 is 1.96 bits per heavy atom. The summed E-state index contributed by atoms with van der Waals surface area (Å²) in [5.41, 5.74) is 1.11. The molecule has 0 amide bonds. The van der Waals surface area contributed by atoms with E-state index in [9.17, 15) is 9.90 Å². The van der Waals surface area contributed by atoms with Gasteiger partial charge in [0.25, 0.3) is 0 Å². The van der Waals surface area contributed by atoms with E-state index in [4.69, 9.17) is 18.9 Å². The van der Waals surface area contributed by atoms with Gasteiger partial charge in [0.15, 0.2) is 17.3 Å². The zero-order valence-corrected chi connectivity index (χ0v) is 12.9. The molecule has 0 radical (unpaired) electrons. The van der Waals surface area contributed by atoms with Crippen molar-refractivity contribution in [1.82, 2.24) is 0 Å². The monoisotopic (exact) mass is 326 g/mol. The van der Waals surface area contributed by atoms with E-state index < -0.39 is 0 Å². The van der Waals surface area contributed by atoms with E-state index in [1.54, 1.807) is 25.3 Å². The Labute approximate surface area is 137 Å². The Hall–Kier alpha value is -3.15. The fourth-order valence-corrected chi connectivity index (χ4v) is 2.70. The van der Waals surface area contributed by atoms with E-state index in [0.29, 0.717) is 47.3 Å². The van der Waals surface area contributed by atoms with Crippen LogP contribution in [0.5, 0.6) is 28.7 Å². The molecule has 0 aromatic heterocycles. The number of aromatic hydroxyl groups is 1. The maximum Gasteiger partial charge on any atom is 0.231 e. The minimum atomic E-state index is -0.237. The number of hydrogen-bond donors (Lipinski definition) is 1. The average Bonchev–Trinajstić information content (AvgIpc) is 2.89. The number of carbonyl (C=O) groups is 1. The summed E-state index contributed by atoms with van der Waals surface area (Å²) in [6.45, 7) is 0.917. The Morgan fingerprint density at radius 3 is 2.79 bits per heavy atom. The third-order valence-electron chi connectivity index (χ3n) is 3.80. The molecule has 2 heterocycles. The fraction of sp³-hybridized carbons (Fsp3) is 0.167. The van der Waals surface area contributed by atoms with Crippen molar-refractivity contribution in [2.75, 3.05) is 20.3 Å². The van der Waals surface area contributed by atoms with Crippen LogP contribution in [0.2, 0.25) is 0 Å². The van der Waals surface area contributed by atoms with Crippen LogP contribution in [-0.4, -0.2) is 31.2 Å². The molecule has 1 N–H and O–H groups in total. The van der Waals surface area contributed by atoms with Gasteiger partial charge in [0.1, 0.15) is 24.7 Å². The molecule has 0 bridgehead atoms. The first-order valence-electron chi connectivity index (χ1n) is 7.40. The molecule has 0 unspecified atom stereocenters. The van der Waals surface area contributed by atoms with Crippen LogP contribution >= 0.6 is 0 Å². The van der Waals surface area contributed by atoms with Crippen LogP contribution in [0.25, 0.3) is 6.08 Å². The zero-order valence-electron chi connectivity index (χ0n) is 12.9. The van der Waals surface area contributed by atoms with Gasteiger partial charge < -0.3 is 24.1 Å². The highest BCUT2D eigenvalue weighted by Crippen LogP contribution is 2.41. The number of rotatable bonds is 2. The van der Waals surface area contributed by atoms with Gasteiger partial charge in [-0.3, -0.25) is 4.79 Å². The number of Topliss-reactive ketones (excluding diaryl/α,β-unsaturated/α-hetero) is 1. The van der Waals surface area contributed by atoms with E-state index >= 15 is 0 Å². The number of phenolic OH excluding ortho intramolecular Hbond substituents is 1. The number of fused-ring (bicyclic) bond motifs is 2. The third-order valence-corrected chi connectivity index (χ3v) is 3.80. The molecule has 24 heavy (non-hydrogen) atoms. The maximum atomic E-state index is 12.4. The van der Waals surface area contributed by atoms with Gasteiger partial charge in [0.05, 0.1) is 12.7 Å². The molecule has 122 valence electrons. The minimum Gasteiger partial charge on any atom is -0.508 e. The molecule has 0 saturated carbocycles. The summed E-state index contributed by atoms with van der Waals surface area (Å²) in [6.07, 6.45) is 1.61. The summed E-state index contributed by atoms with van der Waals surface area (Å²) in [5.74, 6) is 1.97. The highest BCUT2D eigenvalue weighted by Gasteiger charge is 2.28. The molecule has 0 fully saturated rings. The summed E-state index contributed by atoms with van der Waals surface area (Å²) >= 11 is 0. The van der Waals surface area contributed by atoms with E-state index in [0.717, 1.165) is 0 Å². The predicted octanol–water partition coefficient (Wildman–Crippen LogP) is 2.79. The fourth-order valence-electron chi connectivity index (χ4n) is 2.70. The molecule has 0 spiro atoms. The van der Waals surface area contributed by atoms with Gasteiger partial charge in [-0.2, -0.15) is 0 Å². The molecule has 0 aliphatic carbocycles. The first-order chi connectivity index (χ1) is 11.7. The topological polar surface area (TPSA) is 74.2 Å². The highest BCUT2D eigenvalue weighted by molar-refractivity contribution is 6.14. The normalized spacial score (nSPS) is 16.7. The van der Waals surface area contributed by atoms with E-state index in [2.05, 4.69) is 0 Å². The SMILES string of the molecule is COc1cc(/C=C2\Oc3cc(O)ccc3C2=O)cc2c1OCCO2. The number of allylic oxidation sites excluding steroid dienone is 1. The van der Waals surface area contributed by atoms with Gasteiger partial charge in [-0.1, -0.05) is 0 Å². The van der Waals surface area contributed by atoms with Crippen LogP contribution in [0.4, 0.5) is 0 Å². The van der Waals surface area contributed by atoms with E-state index in [1.165, 1.54) is 18.2 Å². The predicted molar refractivity (Wildman–Crippen MR) is 85.0 cm³/mol. The molecule has 2 aliphatic rings. The molecular weight excluding hydrogens is 312 g/mol. The number of ketones is 1. The van der Waals surface area contributed by atoms with Crippen LogP contribution in [0.1, 0.15) is 15.9 Å². The molecule has 6 heteroatoms.